The number of carbonyl (C=O) groups is 1. The summed E-state index contributed by atoms with van der Waals surface area (Å²) >= 11 is 0. The van der Waals surface area contributed by atoms with Crippen molar-refractivity contribution in [1.29, 1.82) is 0 Å². The Morgan fingerprint density at radius 2 is 1.77 bits per heavy atom. The minimum Gasteiger partial charge on any atom is -0.303 e. The molecular formula is C8H15NO3S. The van der Waals surface area contributed by atoms with Gasteiger partial charge < -0.3 is 4.79 Å². The summed E-state index contributed by atoms with van der Waals surface area (Å²) in [6.45, 7) is 0. The standard InChI is InChI=1S/C8H15NO3S/c1-13(11,12)9-8-4-2-7(6-10)3-5-8/h6-9H,2-5H2,1H3/t7-,8-. The predicted molar refractivity (Wildman–Crippen MR) is 49.8 cm³/mol. The van der Waals surface area contributed by atoms with Crippen LogP contribution in [0.1, 0.15) is 25.7 Å². The second kappa shape index (κ2) is 4.19. The van der Waals surface area contributed by atoms with Crippen LogP contribution < -0.4 is 4.72 Å². The van der Waals surface area contributed by atoms with Gasteiger partial charge in [-0.1, -0.05) is 0 Å². The quantitative estimate of drug-likeness (QED) is 0.674. The molecule has 1 aliphatic rings. The van der Waals surface area contributed by atoms with Gasteiger partial charge in [-0.25, -0.2) is 13.1 Å². The van der Waals surface area contributed by atoms with E-state index in [1.165, 1.54) is 6.26 Å². The zero-order valence-corrected chi connectivity index (χ0v) is 8.51. The number of hydrogen-bond acceptors (Lipinski definition) is 3. The van der Waals surface area contributed by atoms with E-state index in [-0.39, 0.29) is 12.0 Å². The monoisotopic (exact) mass is 205 g/mol. The fourth-order valence-corrected chi connectivity index (χ4v) is 2.52. The van der Waals surface area contributed by atoms with Gasteiger partial charge in [0.05, 0.1) is 6.26 Å². The summed E-state index contributed by atoms with van der Waals surface area (Å²) in [6.07, 6.45) is 5.29. The van der Waals surface area contributed by atoms with Crippen molar-refractivity contribution in [2.45, 2.75) is 31.7 Å². The highest BCUT2D eigenvalue weighted by atomic mass is 32.2. The first-order chi connectivity index (χ1) is 6.01. The Labute approximate surface area is 78.8 Å². The van der Waals surface area contributed by atoms with Crippen LogP contribution in [0.2, 0.25) is 0 Å². The molecule has 0 aromatic heterocycles. The zero-order valence-electron chi connectivity index (χ0n) is 7.69. The summed E-state index contributed by atoms with van der Waals surface area (Å²) < 4.78 is 24.3. The van der Waals surface area contributed by atoms with E-state index in [1.54, 1.807) is 0 Å². The molecule has 1 rings (SSSR count). The molecule has 0 aromatic carbocycles. The summed E-state index contributed by atoms with van der Waals surface area (Å²) in [4.78, 5) is 10.4. The third kappa shape index (κ3) is 3.87. The van der Waals surface area contributed by atoms with Gasteiger partial charge in [0.25, 0.3) is 0 Å². The van der Waals surface area contributed by atoms with Crippen LogP contribution >= 0.6 is 0 Å². The Kier molecular flexibility index (Phi) is 3.44. The molecule has 0 unspecified atom stereocenters. The van der Waals surface area contributed by atoms with E-state index in [1.807, 2.05) is 0 Å². The Balaban J connectivity index is 2.37. The van der Waals surface area contributed by atoms with Crippen LogP contribution in [0.5, 0.6) is 0 Å². The van der Waals surface area contributed by atoms with Gasteiger partial charge in [0.1, 0.15) is 6.29 Å². The molecule has 0 amide bonds. The Morgan fingerprint density at radius 3 is 2.15 bits per heavy atom. The van der Waals surface area contributed by atoms with Crippen molar-refractivity contribution in [3.8, 4) is 0 Å². The van der Waals surface area contributed by atoms with Crippen LogP contribution in [-0.2, 0) is 14.8 Å². The molecule has 4 nitrogen and oxygen atoms in total. The second-order valence-electron chi connectivity index (χ2n) is 3.64. The SMILES string of the molecule is CS(=O)(=O)N[C@H]1CC[C@H](C=O)CC1. The molecule has 0 atom stereocenters. The molecule has 0 aromatic rings. The highest BCUT2D eigenvalue weighted by Crippen LogP contribution is 2.22. The van der Waals surface area contributed by atoms with Crippen molar-refractivity contribution >= 4 is 16.3 Å². The maximum Gasteiger partial charge on any atom is 0.208 e. The molecule has 0 aliphatic heterocycles. The van der Waals surface area contributed by atoms with Crippen molar-refractivity contribution in [3.63, 3.8) is 0 Å². The van der Waals surface area contributed by atoms with Gasteiger partial charge in [0, 0.05) is 12.0 Å². The van der Waals surface area contributed by atoms with E-state index in [0.29, 0.717) is 0 Å². The fourth-order valence-electron chi connectivity index (χ4n) is 1.68. The topological polar surface area (TPSA) is 63.2 Å². The van der Waals surface area contributed by atoms with Gasteiger partial charge in [-0.3, -0.25) is 0 Å². The molecule has 0 heterocycles. The van der Waals surface area contributed by atoms with E-state index in [4.69, 9.17) is 0 Å². The van der Waals surface area contributed by atoms with Crippen LogP contribution in [0.15, 0.2) is 0 Å². The van der Waals surface area contributed by atoms with E-state index < -0.39 is 10.0 Å². The maximum atomic E-state index is 10.9. The van der Waals surface area contributed by atoms with Crippen LogP contribution in [0, 0.1) is 5.92 Å². The van der Waals surface area contributed by atoms with E-state index >= 15 is 0 Å². The molecule has 1 N–H and O–H groups in total. The van der Waals surface area contributed by atoms with E-state index in [9.17, 15) is 13.2 Å². The van der Waals surface area contributed by atoms with E-state index in [2.05, 4.69) is 4.72 Å². The van der Waals surface area contributed by atoms with Gasteiger partial charge >= 0.3 is 0 Å². The van der Waals surface area contributed by atoms with Crippen LogP contribution in [-0.4, -0.2) is 27.0 Å². The zero-order chi connectivity index (χ0) is 9.90. The molecule has 76 valence electrons. The van der Waals surface area contributed by atoms with Crippen LogP contribution in [0.25, 0.3) is 0 Å². The minimum atomic E-state index is -3.09. The van der Waals surface area contributed by atoms with Gasteiger partial charge in [-0.15, -0.1) is 0 Å². The first-order valence-corrected chi connectivity index (χ1v) is 6.33. The average Bonchev–Trinajstić information content (AvgIpc) is 2.03. The molecule has 1 aliphatic carbocycles. The number of aldehydes is 1. The largest absolute Gasteiger partial charge is 0.303 e. The molecule has 0 spiro atoms. The summed E-state index contributed by atoms with van der Waals surface area (Å²) in [5, 5.41) is 0. The first-order valence-electron chi connectivity index (χ1n) is 4.44. The van der Waals surface area contributed by atoms with Crippen LogP contribution in [0.3, 0.4) is 0 Å². The van der Waals surface area contributed by atoms with Crippen molar-refractivity contribution in [2.24, 2.45) is 5.92 Å². The lowest BCUT2D eigenvalue weighted by Crippen LogP contribution is -2.37. The third-order valence-corrected chi connectivity index (χ3v) is 3.11. The number of carbonyl (C=O) groups excluding carboxylic acids is 1. The summed E-state index contributed by atoms with van der Waals surface area (Å²) in [5.41, 5.74) is 0. The van der Waals surface area contributed by atoms with E-state index in [0.717, 1.165) is 32.0 Å². The Morgan fingerprint density at radius 1 is 1.23 bits per heavy atom. The second-order valence-corrected chi connectivity index (χ2v) is 5.42. The minimum absolute atomic E-state index is 0.0335. The lowest BCUT2D eigenvalue weighted by molar-refractivity contribution is -0.111. The molecule has 5 heteroatoms. The number of rotatable bonds is 3. The summed E-state index contributed by atoms with van der Waals surface area (Å²) in [6, 6.07) is 0.0335. The molecule has 1 fully saturated rings. The maximum absolute atomic E-state index is 10.9. The van der Waals surface area contributed by atoms with Gasteiger partial charge in [-0.2, -0.15) is 0 Å². The summed E-state index contributed by atoms with van der Waals surface area (Å²) in [5.74, 6) is 0.137. The van der Waals surface area contributed by atoms with Crippen molar-refractivity contribution in [2.75, 3.05) is 6.26 Å². The third-order valence-electron chi connectivity index (χ3n) is 2.35. The molecule has 13 heavy (non-hydrogen) atoms. The Bertz CT molecular complexity index is 265. The number of hydrogen-bond donors (Lipinski definition) is 1. The molecule has 1 saturated carbocycles. The summed E-state index contributed by atoms with van der Waals surface area (Å²) in [7, 11) is -3.09. The lowest BCUT2D eigenvalue weighted by Gasteiger charge is -2.25. The average molecular weight is 205 g/mol. The highest BCUT2D eigenvalue weighted by molar-refractivity contribution is 7.88. The van der Waals surface area contributed by atoms with Gasteiger partial charge in [0.15, 0.2) is 0 Å². The molecule has 0 radical (unpaired) electrons. The van der Waals surface area contributed by atoms with Gasteiger partial charge in [-0.05, 0) is 25.7 Å². The molecular weight excluding hydrogens is 190 g/mol. The number of nitrogens with one attached hydrogen (secondary N) is 1. The first kappa shape index (κ1) is 10.7. The van der Waals surface area contributed by atoms with Crippen molar-refractivity contribution in [3.05, 3.63) is 0 Å². The smallest absolute Gasteiger partial charge is 0.208 e. The molecule has 0 bridgehead atoms. The lowest BCUT2D eigenvalue weighted by atomic mass is 9.87. The van der Waals surface area contributed by atoms with Crippen molar-refractivity contribution in [1.82, 2.24) is 4.72 Å². The normalized spacial score (nSPS) is 29.9. The van der Waals surface area contributed by atoms with Crippen molar-refractivity contribution < 1.29 is 13.2 Å². The van der Waals surface area contributed by atoms with Crippen LogP contribution in [0.4, 0.5) is 0 Å². The molecule has 0 saturated heterocycles. The highest BCUT2D eigenvalue weighted by Gasteiger charge is 2.22. The number of sulfonamides is 1. The van der Waals surface area contributed by atoms with Gasteiger partial charge in [0.2, 0.25) is 10.0 Å². The predicted octanol–water partition coefficient (Wildman–Crippen LogP) is 0.293. The fraction of sp³-hybridized carbons (Fsp3) is 0.875. The Hall–Kier alpha value is -0.420.